The molecule has 32 heavy (non-hydrogen) atoms. The molecule has 7 nitrogen and oxygen atoms in total. The Bertz CT molecular complexity index is 1060. The minimum atomic E-state index is -3.36. The molecule has 9 heteroatoms. The minimum absolute atomic E-state index is 0.0258. The number of amidine groups is 1. The van der Waals surface area contributed by atoms with Crippen molar-refractivity contribution < 1.29 is 13.2 Å². The van der Waals surface area contributed by atoms with Crippen LogP contribution in [0.15, 0.2) is 53.5 Å². The van der Waals surface area contributed by atoms with E-state index in [0.29, 0.717) is 23.7 Å². The van der Waals surface area contributed by atoms with Crippen molar-refractivity contribution in [3.05, 3.63) is 70.2 Å². The van der Waals surface area contributed by atoms with E-state index >= 15 is 0 Å². The molecular weight excluding hydrogens is 448 g/mol. The van der Waals surface area contributed by atoms with Gasteiger partial charge >= 0.3 is 0 Å². The highest BCUT2D eigenvalue weighted by atomic mass is 35.5. The average Bonchev–Trinajstić information content (AvgIpc) is 3.32. The topological polar surface area (TPSA) is 90.9 Å². The summed E-state index contributed by atoms with van der Waals surface area (Å²) in [5.41, 5.74) is 2.80. The fourth-order valence-corrected chi connectivity index (χ4v) is 4.92. The van der Waals surface area contributed by atoms with Gasteiger partial charge in [-0.15, -0.1) is 0 Å². The molecule has 1 aliphatic rings. The van der Waals surface area contributed by atoms with Crippen LogP contribution in [0.5, 0.6) is 0 Å². The highest BCUT2D eigenvalue weighted by Crippen LogP contribution is 2.17. The van der Waals surface area contributed by atoms with Crippen molar-refractivity contribution in [3.63, 3.8) is 0 Å². The number of carbonyl (C=O) groups excluding carboxylic acids is 1. The maximum atomic E-state index is 12.3. The predicted octanol–water partition coefficient (Wildman–Crippen LogP) is 2.24. The Morgan fingerprint density at radius 2 is 1.94 bits per heavy atom. The van der Waals surface area contributed by atoms with E-state index in [0.717, 1.165) is 36.5 Å². The molecule has 0 saturated carbocycles. The second-order valence-corrected chi connectivity index (χ2v) is 10.3. The van der Waals surface area contributed by atoms with Crippen molar-refractivity contribution in [2.24, 2.45) is 4.99 Å². The fraction of sp³-hybridized carbons (Fsp3) is 0.391. The largest absolute Gasteiger partial charge is 0.368 e. The third-order valence-electron chi connectivity index (χ3n) is 5.23. The van der Waals surface area contributed by atoms with Crippen LogP contribution in [0.3, 0.4) is 0 Å². The van der Waals surface area contributed by atoms with Crippen molar-refractivity contribution in [3.8, 4) is 0 Å². The normalized spacial score (nSPS) is 13.5. The molecule has 0 spiro atoms. The van der Waals surface area contributed by atoms with Crippen molar-refractivity contribution in [1.29, 1.82) is 0 Å². The summed E-state index contributed by atoms with van der Waals surface area (Å²) in [5.74, 6) is 0.588. The van der Waals surface area contributed by atoms with Crippen molar-refractivity contribution in [2.75, 3.05) is 39.1 Å². The molecule has 0 unspecified atom stereocenters. The highest BCUT2D eigenvalue weighted by Gasteiger charge is 2.15. The number of carbonyl (C=O) groups is 1. The summed E-state index contributed by atoms with van der Waals surface area (Å²) < 4.78 is 24.5. The quantitative estimate of drug-likeness (QED) is 0.485. The third-order valence-corrected chi connectivity index (χ3v) is 7.00. The van der Waals surface area contributed by atoms with Gasteiger partial charge in [0.2, 0.25) is 5.91 Å². The zero-order valence-corrected chi connectivity index (χ0v) is 19.8. The molecule has 2 aromatic rings. The van der Waals surface area contributed by atoms with Gasteiger partial charge in [0.05, 0.1) is 18.2 Å². The molecule has 1 aliphatic heterocycles. The van der Waals surface area contributed by atoms with E-state index in [1.165, 1.54) is 0 Å². The second-order valence-electron chi connectivity index (χ2n) is 7.79. The van der Waals surface area contributed by atoms with E-state index in [4.69, 9.17) is 11.6 Å². The van der Waals surface area contributed by atoms with E-state index in [1.807, 2.05) is 12.1 Å². The van der Waals surface area contributed by atoms with Crippen LogP contribution >= 0.6 is 11.6 Å². The number of sulfone groups is 1. The number of rotatable bonds is 11. The van der Waals surface area contributed by atoms with Gasteiger partial charge in [0.1, 0.15) is 5.84 Å². The highest BCUT2D eigenvalue weighted by molar-refractivity contribution is 7.90. The van der Waals surface area contributed by atoms with Gasteiger partial charge in [-0.1, -0.05) is 54.1 Å². The number of amides is 1. The van der Waals surface area contributed by atoms with Gasteiger partial charge in [-0.05, 0) is 23.6 Å². The van der Waals surface area contributed by atoms with Crippen LogP contribution in [0, 0.1) is 0 Å². The predicted molar refractivity (Wildman–Crippen MR) is 129 cm³/mol. The lowest BCUT2D eigenvalue weighted by Crippen LogP contribution is -2.33. The summed E-state index contributed by atoms with van der Waals surface area (Å²) in [7, 11) is -1.60. The summed E-state index contributed by atoms with van der Waals surface area (Å²) in [6, 6.07) is 15.1. The Labute approximate surface area is 194 Å². The third kappa shape index (κ3) is 7.32. The first kappa shape index (κ1) is 24.2. The maximum absolute atomic E-state index is 12.3. The first-order chi connectivity index (χ1) is 15.3. The van der Waals surface area contributed by atoms with Gasteiger partial charge in [-0.3, -0.25) is 9.79 Å². The van der Waals surface area contributed by atoms with Gasteiger partial charge in [0, 0.05) is 43.7 Å². The zero-order chi connectivity index (χ0) is 23.0. The molecule has 172 valence electrons. The average molecular weight is 477 g/mol. The molecule has 0 aromatic heterocycles. The van der Waals surface area contributed by atoms with Crippen LogP contribution in [-0.4, -0.2) is 64.2 Å². The van der Waals surface area contributed by atoms with Crippen LogP contribution in [-0.2, 0) is 26.8 Å². The number of aliphatic imine (C=N–C) groups is 1. The van der Waals surface area contributed by atoms with Crippen LogP contribution in [0.4, 0.5) is 0 Å². The Balaban J connectivity index is 1.36. The number of halogens is 1. The summed E-state index contributed by atoms with van der Waals surface area (Å²) in [6.07, 6.45) is 0.991. The number of nitrogens with one attached hydrogen (secondary N) is 2. The standard InChI is InChI=1S/C23H29ClN4O3S/c1-28(15-11-18-6-8-19(9-7-18)23-26-13-14-27-23)22(29)10-12-25-17-32(30,31)16-20-4-2-3-5-21(20)24/h2-9,25H,10-17H2,1H3,(H,26,27). The Morgan fingerprint density at radius 1 is 1.19 bits per heavy atom. The van der Waals surface area contributed by atoms with Gasteiger partial charge in [-0.25, -0.2) is 8.42 Å². The van der Waals surface area contributed by atoms with Crippen molar-refractivity contribution in [2.45, 2.75) is 18.6 Å². The van der Waals surface area contributed by atoms with Crippen molar-refractivity contribution in [1.82, 2.24) is 15.5 Å². The molecule has 2 aromatic carbocycles. The molecule has 0 bridgehead atoms. The molecule has 0 radical (unpaired) electrons. The van der Waals surface area contributed by atoms with E-state index in [2.05, 4.69) is 27.8 Å². The molecule has 0 atom stereocenters. The SMILES string of the molecule is CN(CCc1ccc(C2=NCCN2)cc1)C(=O)CCNCS(=O)(=O)Cc1ccccc1Cl. The lowest BCUT2D eigenvalue weighted by molar-refractivity contribution is -0.129. The summed E-state index contributed by atoms with van der Waals surface area (Å²) in [5, 5.41) is 6.55. The first-order valence-corrected chi connectivity index (χ1v) is 12.8. The molecule has 2 N–H and O–H groups in total. The first-order valence-electron chi connectivity index (χ1n) is 10.6. The molecule has 0 aliphatic carbocycles. The van der Waals surface area contributed by atoms with E-state index in [1.54, 1.807) is 36.2 Å². The van der Waals surface area contributed by atoms with Gasteiger partial charge in [-0.2, -0.15) is 0 Å². The van der Waals surface area contributed by atoms with Crippen LogP contribution < -0.4 is 10.6 Å². The molecule has 1 amide bonds. The van der Waals surface area contributed by atoms with Crippen LogP contribution in [0.1, 0.15) is 23.1 Å². The molecule has 0 saturated heterocycles. The molecule has 1 heterocycles. The van der Waals surface area contributed by atoms with Gasteiger partial charge < -0.3 is 15.5 Å². The molecule has 0 fully saturated rings. The smallest absolute Gasteiger partial charge is 0.223 e. The fourth-order valence-electron chi connectivity index (χ4n) is 3.36. The minimum Gasteiger partial charge on any atom is -0.368 e. The Hall–Kier alpha value is -2.42. The molecule has 3 rings (SSSR count). The second kappa shape index (κ2) is 11.4. The number of nitrogens with zero attached hydrogens (tertiary/aromatic N) is 2. The van der Waals surface area contributed by atoms with E-state index in [-0.39, 0.29) is 24.0 Å². The van der Waals surface area contributed by atoms with Crippen LogP contribution in [0.25, 0.3) is 0 Å². The zero-order valence-electron chi connectivity index (χ0n) is 18.2. The Morgan fingerprint density at radius 3 is 2.62 bits per heavy atom. The van der Waals surface area contributed by atoms with E-state index < -0.39 is 9.84 Å². The molecular formula is C23H29ClN4O3S. The van der Waals surface area contributed by atoms with Gasteiger partial charge in [0.15, 0.2) is 9.84 Å². The van der Waals surface area contributed by atoms with Crippen molar-refractivity contribution >= 4 is 33.2 Å². The number of hydrogen-bond acceptors (Lipinski definition) is 6. The van der Waals surface area contributed by atoms with Crippen LogP contribution in [0.2, 0.25) is 5.02 Å². The lowest BCUT2D eigenvalue weighted by Gasteiger charge is -2.17. The number of likely N-dealkylation sites (N-methyl/N-ethyl adjacent to an activating group) is 1. The maximum Gasteiger partial charge on any atom is 0.223 e. The summed E-state index contributed by atoms with van der Waals surface area (Å²) in [6.45, 7) is 2.59. The summed E-state index contributed by atoms with van der Waals surface area (Å²) >= 11 is 6.04. The Kier molecular flexibility index (Phi) is 8.67. The van der Waals surface area contributed by atoms with E-state index in [9.17, 15) is 13.2 Å². The van der Waals surface area contributed by atoms with Gasteiger partial charge in [0.25, 0.3) is 0 Å². The number of hydrogen-bond donors (Lipinski definition) is 2. The monoisotopic (exact) mass is 476 g/mol. The number of benzene rings is 2. The lowest BCUT2D eigenvalue weighted by atomic mass is 10.1. The summed E-state index contributed by atoms with van der Waals surface area (Å²) in [4.78, 5) is 18.4.